The minimum Gasteiger partial charge on any atom is -0.497 e. The lowest BCUT2D eigenvalue weighted by molar-refractivity contribution is 0.395. The van der Waals surface area contributed by atoms with Crippen molar-refractivity contribution in [3.8, 4) is 11.5 Å². The molecule has 8 heteroatoms. The first-order chi connectivity index (χ1) is 15.2. The number of aromatic nitrogens is 4. The van der Waals surface area contributed by atoms with Gasteiger partial charge >= 0.3 is 0 Å². The molecule has 1 unspecified atom stereocenters. The first kappa shape index (κ1) is 19.2. The Bertz CT molecular complexity index is 1170. The molecule has 1 N–H and O–H groups in total. The van der Waals surface area contributed by atoms with Crippen LogP contribution in [0.4, 0.5) is 17.5 Å². The van der Waals surface area contributed by atoms with E-state index in [1.165, 1.54) is 5.56 Å². The molecular formula is C23H24N6O2. The fourth-order valence-electron chi connectivity index (χ4n) is 4.11. The van der Waals surface area contributed by atoms with E-state index in [1.54, 1.807) is 24.9 Å². The number of methoxy groups -OCH3 is 2. The molecule has 5 rings (SSSR count). The molecule has 1 fully saturated rings. The molecule has 1 saturated heterocycles. The summed E-state index contributed by atoms with van der Waals surface area (Å²) < 4.78 is 12.5. The zero-order valence-corrected chi connectivity index (χ0v) is 17.5. The van der Waals surface area contributed by atoms with E-state index in [0.29, 0.717) is 17.4 Å². The third-order valence-electron chi connectivity index (χ3n) is 5.55. The number of nitrogens with one attached hydrogen (secondary N) is 1. The summed E-state index contributed by atoms with van der Waals surface area (Å²) in [6.07, 6.45) is 5.80. The van der Waals surface area contributed by atoms with Gasteiger partial charge in [0.05, 0.1) is 20.3 Å². The lowest BCUT2D eigenvalue weighted by Crippen LogP contribution is -2.24. The maximum Gasteiger partial charge on any atom is 0.247 e. The standard InChI is InChI=1S/C23H24N6O2/c1-30-18-13-17(14-19(15-18)31-2)25-23-26-22-21(24-10-12-29(22)27-23)28-11-6-9-20(28)16-7-4-3-5-8-16/h3-5,7-8,10,12-15,20H,6,9,11H2,1-2H3,(H,25,27). The van der Waals surface area contributed by atoms with E-state index in [2.05, 4.69) is 44.6 Å². The van der Waals surface area contributed by atoms with E-state index in [-0.39, 0.29) is 6.04 Å². The molecule has 1 atom stereocenters. The van der Waals surface area contributed by atoms with Crippen molar-refractivity contribution in [3.63, 3.8) is 0 Å². The minimum atomic E-state index is 0.288. The van der Waals surface area contributed by atoms with Crippen LogP contribution in [0, 0.1) is 0 Å². The molecule has 4 aromatic rings. The maximum atomic E-state index is 5.35. The highest BCUT2D eigenvalue weighted by Crippen LogP contribution is 2.36. The Kier molecular flexibility index (Phi) is 5.03. The monoisotopic (exact) mass is 416 g/mol. The molecule has 0 bridgehead atoms. The topological polar surface area (TPSA) is 76.8 Å². The highest BCUT2D eigenvalue weighted by Gasteiger charge is 2.29. The highest BCUT2D eigenvalue weighted by molar-refractivity contribution is 5.68. The third-order valence-corrected chi connectivity index (χ3v) is 5.55. The first-order valence-corrected chi connectivity index (χ1v) is 10.3. The summed E-state index contributed by atoms with van der Waals surface area (Å²) in [6.45, 7) is 0.939. The summed E-state index contributed by atoms with van der Waals surface area (Å²) in [5.41, 5.74) is 2.80. The van der Waals surface area contributed by atoms with E-state index in [1.807, 2.05) is 30.5 Å². The van der Waals surface area contributed by atoms with Gasteiger partial charge in [0.25, 0.3) is 0 Å². The Hall–Kier alpha value is -3.81. The van der Waals surface area contributed by atoms with Crippen molar-refractivity contribution in [2.45, 2.75) is 18.9 Å². The number of fused-ring (bicyclic) bond motifs is 1. The van der Waals surface area contributed by atoms with E-state index in [4.69, 9.17) is 14.5 Å². The van der Waals surface area contributed by atoms with Crippen molar-refractivity contribution in [1.82, 2.24) is 19.6 Å². The van der Waals surface area contributed by atoms with Crippen LogP contribution in [0.15, 0.2) is 60.9 Å². The fourth-order valence-corrected chi connectivity index (χ4v) is 4.11. The smallest absolute Gasteiger partial charge is 0.247 e. The SMILES string of the molecule is COc1cc(Nc2nc3c(N4CCCC4c4ccccc4)nccn3n2)cc(OC)c1. The van der Waals surface area contributed by atoms with Gasteiger partial charge in [0.1, 0.15) is 11.5 Å². The normalized spacial score (nSPS) is 15.9. The maximum absolute atomic E-state index is 5.35. The zero-order chi connectivity index (χ0) is 21.2. The molecule has 0 saturated carbocycles. The molecule has 1 aliphatic heterocycles. The molecule has 2 aromatic carbocycles. The fraction of sp³-hybridized carbons (Fsp3) is 0.261. The molecule has 0 aliphatic carbocycles. The van der Waals surface area contributed by atoms with Crippen molar-refractivity contribution in [2.24, 2.45) is 0 Å². The molecular weight excluding hydrogens is 392 g/mol. The van der Waals surface area contributed by atoms with E-state index >= 15 is 0 Å². The van der Waals surface area contributed by atoms with E-state index < -0.39 is 0 Å². The predicted molar refractivity (Wildman–Crippen MR) is 119 cm³/mol. The number of anilines is 3. The molecule has 8 nitrogen and oxygen atoms in total. The van der Waals surface area contributed by atoms with Crippen molar-refractivity contribution in [2.75, 3.05) is 31.0 Å². The van der Waals surface area contributed by atoms with Crippen LogP contribution >= 0.6 is 0 Å². The predicted octanol–water partition coefficient (Wildman–Crippen LogP) is 4.23. The van der Waals surface area contributed by atoms with Gasteiger partial charge in [-0.3, -0.25) is 0 Å². The van der Waals surface area contributed by atoms with Gasteiger partial charge in [0.2, 0.25) is 5.95 Å². The highest BCUT2D eigenvalue weighted by atomic mass is 16.5. The van der Waals surface area contributed by atoms with Gasteiger partial charge in [-0.15, -0.1) is 5.10 Å². The lowest BCUT2D eigenvalue weighted by Gasteiger charge is -2.26. The minimum absolute atomic E-state index is 0.288. The second-order valence-corrected chi connectivity index (χ2v) is 7.44. The second kappa shape index (κ2) is 8.14. The van der Waals surface area contributed by atoms with E-state index in [9.17, 15) is 0 Å². The van der Waals surface area contributed by atoms with Crippen LogP contribution in [-0.4, -0.2) is 40.3 Å². The van der Waals surface area contributed by atoms with Crippen LogP contribution < -0.4 is 19.7 Å². The molecule has 0 radical (unpaired) electrons. The van der Waals surface area contributed by atoms with Crippen LogP contribution in [0.5, 0.6) is 11.5 Å². The third kappa shape index (κ3) is 3.72. The largest absolute Gasteiger partial charge is 0.497 e. The van der Waals surface area contributed by atoms with Crippen LogP contribution in [0.25, 0.3) is 5.65 Å². The van der Waals surface area contributed by atoms with Crippen molar-refractivity contribution in [3.05, 3.63) is 66.5 Å². The number of hydrogen-bond acceptors (Lipinski definition) is 7. The number of rotatable bonds is 6. The quantitative estimate of drug-likeness (QED) is 0.504. The van der Waals surface area contributed by atoms with Crippen LogP contribution in [0.2, 0.25) is 0 Å². The van der Waals surface area contributed by atoms with Gasteiger partial charge in [-0.05, 0) is 18.4 Å². The van der Waals surface area contributed by atoms with Crippen molar-refractivity contribution in [1.29, 1.82) is 0 Å². The van der Waals surface area contributed by atoms with Gasteiger partial charge in [0, 0.05) is 42.8 Å². The summed E-state index contributed by atoms with van der Waals surface area (Å²) in [7, 11) is 3.25. The summed E-state index contributed by atoms with van der Waals surface area (Å²) in [5.74, 6) is 2.71. The molecule has 158 valence electrons. The zero-order valence-electron chi connectivity index (χ0n) is 17.5. The van der Waals surface area contributed by atoms with Gasteiger partial charge in [0.15, 0.2) is 11.5 Å². The number of hydrogen-bond donors (Lipinski definition) is 1. The molecule has 3 heterocycles. The Morgan fingerprint density at radius 3 is 2.55 bits per heavy atom. The Morgan fingerprint density at radius 2 is 1.81 bits per heavy atom. The van der Waals surface area contributed by atoms with E-state index in [0.717, 1.165) is 36.5 Å². The van der Waals surface area contributed by atoms with Crippen molar-refractivity contribution >= 4 is 23.1 Å². The first-order valence-electron chi connectivity index (χ1n) is 10.3. The summed E-state index contributed by atoms with van der Waals surface area (Å²) in [6, 6.07) is 16.4. The molecule has 1 aliphatic rings. The summed E-state index contributed by atoms with van der Waals surface area (Å²) in [4.78, 5) is 11.8. The molecule has 31 heavy (non-hydrogen) atoms. The molecule has 2 aromatic heterocycles. The average molecular weight is 416 g/mol. The number of benzene rings is 2. The molecule has 0 amide bonds. The Labute approximate surface area is 180 Å². The van der Waals surface area contributed by atoms with Crippen LogP contribution in [0.1, 0.15) is 24.4 Å². The Morgan fingerprint density at radius 1 is 1.03 bits per heavy atom. The van der Waals surface area contributed by atoms with Crippen molar-refractivity contribution < 1.29 is 9.47 Å². The number of ether oxygens (including phenoxy) is 2. The Balaban J connectivity index is 1.49. The van der Waals surface area contributed by atoms with Gasteiger partial charge in [-0.2, -0.15) is 4.98 Å². The average Bonchev–Trinajstić information content (AvgIpc) is 3.46. The van der Waals surface area contributed by atoms with Gasteiger partial charge in [-0.1, -0.05) is 30.3 Å². The lowest BCUT2D eigenvalue weighted by atomic mass is 10.0. The molecule has 0 spiro atoms. The number of nitrogens with zero attached hydrogens (tertiary/aromatic N) is 5. The summed E-state index contributed by atoms with van der Waals surface area (Å²) >= 11 is 0. The second-order valence-electron chi connectivity index (χ2n) is 7.44. The van der Waals surface area contributed by atoms with Crippen LogP contribution in [-0.2, 0) is 0 Å². The van der Waals surface area contributed by atoms with Crippen LogP contribution in [0.3, 0.4) is 0 Å². The van der Waals surface area contributed by atoms with Gasteiger partial charge in [-0.25, -0.2) is 9.50 Å². The summed E-state index contributed by atoms with van der Waals surface area (Å²) in [5, 5.41) is 7.85. The van der Waals surface area contributed by atoms with Gasteiger partial charge < -0.3 is 19.7 Å².